The summed E-state index contributed by atoms with van der Waals surface area (Å²) in [5, 5.41) is 0. The molecule has 0 aromatic carbocycles. The first kappa shape index (κ1) is 50.5. The molecule has 0 N–H and O–H groups in total. The minimum atomic E-state index is 0.0267. The fraction of sp³-hybridized carbons (Fsp3) is 0.980. The van der Waals surface area contributed by atoms with Crippen molar-refractivity contribution in [1.29, 1.82) is 0 Å². The summed E-state index contributed by atoms with van der Waals surface area (Å²) in [6, 6.07) is 0. The molecular formula is C49H98O2. The van der Waals surface area contributed by atoms with Crippen LogP contribution >= 0.6 is 0 Å². The van der Waals surface area contributed by atoms with Gasteiger partial charge in [0.2, 0.25) is 0 Å². The van der Waals surface area contributed by atoms with Gasteiger partial charge in [0.15, 0.2) is 0 Å². The van der Waals surface area contributed by atoms with Crippen LogP contribution in [0.5, 0.6) is 0 Å². The maximum Gasteiger partial charge on any atom is 0.305 e. The van der Waals surface area contributed by atoms with E-state index in [9.17, 15) is 4.79 Å². The Morgan fingerprint density at radius 3 is 0.902 bits per heavy atom. The molecule has 0 aromatic rings. The first-order valence-electron chi connectivity index (χ1n) is 24.4. The molecule has 0 fully saturated rings. The summed E-state index contributed by atoms with van der Waals surface area (Å²) in [7, 11) is 0. The zero-order valence-electron chi connectivity index (χ0n) is 36.0. The van der Waals surface area contributed by atoms with E-state index in [4.69, 9.17) is 4.74 Å². The normalized spacial score (nSPS) is 12.1. The van der Waals surface area contributed by atoms with Gasteiger partial charge < -0.3 is 4.74 Å². The topological polar surface area (TPSA) is 26.3 Å². The van der Waals surface area contributed by atoms with Crippen molar-refractivity contribution in [1.82, 2.24) is 0 Å². The van der Waals surface area contributed by atoms with Gasteiger partial charge in [-0.25, -0.2) is 0 Å². The average molecular weight is 719 g/mol. The summed E-state index contributed by atoms with van der Waals surface area (Å²) in [6.45, 7) is 7.63. The van der Waals surface area contributed by atoms with Crippen LogP contribution in [0.2, 0.25) is 0 Å². The molecule has 0 amide bonds. The van der Waals surface area contributed by atoms with E-state index in [-0.39, 0.29) is 5.97 Å². The molecule has 2 heteroatoms. The molecule has 2 nitrogen and oxygen atoms in total. The zero-order chi connectivity index (χ0) is 37.0. The van der Waals surface area contributed by atoms with E-state index in [0.717, 1.165) is 18.8 Å². The first-order chi connectivity index (χ1) is 25.2. The van der Waals surface area contributed by atoms with E-state index in [0.29, 0.717) is 13.0 Å². The van der Waals surface area contributed by atoms with E-state index >= 15 is 0 Å². The van der Waals surface area contributed by atoms with Crippen molar-refractivity contribution in [2.75, 3.05) is 6.61 Å². The highest BCUT2D eigenvalue weighted by Crippen LogP contribution is 2.18. The zero-order valence-corrected chi connectivity index (χ0v) is 36.0. The number of rotatable bonds is 45. The Labute approximate surface area is 324 Å². The second-order valence-corrected chi connectivity index (χ2v) is 17.1. The van der Waals surface area contributed by atoms with Gasteiger partial charge in [0.05, 0.1) is 6.61 Å². The lowest BCUT2D eigenvalue weighted by Crippen LogP contribution is -2.05. The van der Waals surface area contributed by atoms with Crippen LogP contribution < -0.4 is 0 Å². The Morgan fingerprint density at radius 1 is 0.353 bits per heavy atom. The number of ether oxygens (including phenoxy) is 1. The van der Waals surface area contributed by atoms with E-state index in [1.165, 1.54) is 257 Å². The third-order valence-electron chi connectivity index (χ3n) is 11.8. The molecule has 0 heterocycles. The maximum absolute atomic E-state index is 11.9. The van der Waals surface area contributed by atoms with Crippen LogP contribution in [-0.2, 0) is 9.53 Å². The van der Waals surface area contributed by atoms with Crippen LogP contribution in [0.4, 0.5) is 0 Å². The predicted octanol–water partition coefficient (Wildman–Crippen LogP) is 18.0. The highest BCUT2D eigenvalue weighted by Gasteiger charge is 2.03. The summed E-state index contributed by atoms with van der Waals surface area (Å²) in [5.74, 6) is 0.968. The van der Waals surface area contributed by atoms with Gasteiger partial charge in [-0.3, -0.25) is 4.79 Å². The fourth-order valence-corrected chi connectivity index (χ4v) is 7.76. The average Bonchev–Trinajstić information content (AvgIpc) is 3.14. The Balaban J connectivity index is 3.11. The largest absolute Gasteiger partial charge is 0.466 e. The molecule has 51 heavy (non-hydrogen) atoms. The van der Waals surface area contributed by atoms with Gasteiger partial charge in [-0.1, -0.05) is 278 Å². The lowest BCUT2D eigenvalue weighted by atomic mass is 9.99. The number of carbonyl (C=O) groups excluding carboxylic acids is 1. The monoisotopic (exact) mass is 719 g/mol. The Kier molecular flexibility index (Phi) is 45.2. The summed E-state index contributed by atoms with van der Waals surface area (Å²) in [5.41, 5.74) is 0. The van der Waals surface area contributed by atoms with Crippen molar-refractivity contribution in [3.05, 3.63) is 0 Å². The highest BCUT2D eigenvalue weighted by molar-refractivity contribution is 5.69. The van der Waals surface area contributed by atoms with Gasteiger partial charge in [0.25, 0.3) is 0 Å². The number of hydrogen-bond donors (Lipinski definition) is 0. The van der Waals surface area contributed by atoms with Gasteiger partial charge in [-0.2, -0.15) is 0 Å². The smallest absolute Gasteiger partial charge is 0.305 e. The van der Waals surface area contributed by atoms with Gasteiger partial charge in [-0.15, -0.1) is 0 Å². The lowest BCUT2D eigenvalue weighted by Gasteiger charge is -2.07. The summed E-state index contributed by atoms with van der Waals surface area (Å²) >= 11 is 0. The summed E-state index contributed by atoms with van der Waals surface area (Å²) in [4.78, 5) is 11.9. The Morgan fingerprint density at radius 2 is 0.608 bits per heavy atom. The molecule has 0 aromatic heterocycles. The molecule has 0 saturated heterocycles. The van der Waals surface area contributed by atoms with Crippen molar-refractivity contribution in [2.24, 2.45) is 5.92 Å². The molecule has 1 atom stereocenters. The number of hydrogen-bond acceptors (Lipinski definition) is 2. The number of unbranched alkanes of at least 4 members (excludes halogenated alkanes) is 38. The van der Waals surface area contributed by atoms with Gasteiger partial charge in [-0.05, 0) is 18.8 Å². The SMILES string of the molecule is CCCCCCCCCCCC(=O)OCCCCCCCCCCCCCCCCCCCCCCCCCCCCCCCCCC(C)CC. The Hall–Kier alpha value is -0.530. The van der Waals surface area contributed by atoms with Gasteiger partial charge >= 0.3 is 5.97 Å². The van der Waals surface area contributed by atoms with Crippen LogP contribution in [0.3, 0.4) is 0 Å². The molecular weight excluding hydrogens is 621 g/mol. The van der Waals surface area contributed by atoms with Crippen molar-refractivity contribution < 1.29 is 9.53 Å². The minimum absolute atomic E-state index is 0.0267. The van der Waals surface area contributed by atoms with E-state index < -0.39 is 0 Å². The second-order valence-electron chi connectivity index (χ2n) is 17.1. The maximum atomic E-state index is 11.9. The highest BCUT2D eigenvalue weighted by atomic mass is 16.5. The van der Waals surface area contributed by atoms with E-state index in [1.54, 1.807) is 0 Å². The molecule has 306 valence electrons. The molecule has 0 bridgehead atoms. The van der Waals surface area contributed by atoms with Crippen LogP contribution in [0.15, 0.2) is 0 Å². The molecule has 1 unspecified atom stereocenters. The molecule has 0 radical (unpaired) electrons. The Bertz CT molecular complexity index is 630. The van der Waals surface area contributed by atoms with Crippen LogP contribution in [-0.4, -0.2) is 12.6 Å². The van der Waals surface area contributed by atoms with Crippen molar-refractivity contribution >= 4 is 5.97 Å². The summed E-state index contributed by atoms with van der Waals surface area (Å²) < 4.78 is 5.45. The number of carbonyl (C=O) groups is 1. The standard InChI is InChI=1S/C49H98O2/c1-4-6-7-8-9-33-37-40-43-46-49(50)51-47-44-41-38-35-32-30-28-26-24-22-20-18-16-14-12-10-11-13-15-17-19-21-23-25-27-29-31-34-36-39-42-45-48(3)5-2/h48H,4-47H2,1-3H3. The van der Waals surface area contributed by atoms with Crippen LogP contribution in [0, 0.1) is 5.92 Å². The van der Waals surface area contributed by atoms with Crippen molar-refractivity contribution in [3.8, 4) is 0 Å². The lowest BCUT2D eigenvalue weighted by molar-refractivity contribution is -0.143. The van der Waals surface area contributed by atoms with Crippen molar-refractivity contribution in [2.45, 2.75) is 297 Å². The molecule has 0 aliphatic heterocycles. The third kappa shape index (κ3) is 45.6. The summed E-state index contributed by atoms with van der Waals surface area (Å²) in [6.07, 6.45) is 59.5. The molecule has 0 spiro atoms. The predicted molar refractivity (Wildman–Crippen MR) is 230 cm³/mol. The molecule has 0 aliphatic rings. The minimum Gasteiger partial charge on any atom is -0.466 e. The quantitative estimate of drug-likeness (QED) is 0.0463. The third-order valence-corrected chi connectivity index (χ3v) is 11.8. The fourth-order valence-electron chi connectivity index (χ4n) is 7.76. The van der Waals surface area contributed by atoms with Crippen molar-refractivity contribution in [3.63, 3.8) is 0 Å². The van der Waals surface area contributed by atoms with Crippen LogP contribution in [0.25, 0.3) is 0 Å². The van der Waals surface area contributed by atoms with E-state index in [2.05, 4.69) is 20.8 Å². The van der Waals surface area contributed by atoms with Crippen LogP contribution in [0.1, 0.15) is 297 Å². The van der Waals surface area contributed by atoms with Gasteiger partial charge in [0.1, 0.15) is 0 Å². The van der Waals surface area contributed by atoms with E-state index in [1.807, 2.05) is 0 Å². The molecule has 0 aliphatic carbocycles. The number of esters is 1. The molecule has 0 saturated carbocycles. The first-order valence-corrected chi connectivity index (χ1v) is 24.4. The van der Waals surface area contributed by atoms with Gasteiger partial charge in [0, 0.05) is 6.42 Å². The second kappa shape index (κ2) is 45.6. The molecule has 0 rings (SSSR count).